The third-order valence-electron chi connectivity index (χ3n) is 8.35. The number of carbonyl (C=O) groups excluding carboxylic acids is 3. The molecular formula is C39H71NO7. The van der Waals surface area contributed by atoms with Gasteiger partial charge in [-0.1, -0.05) is 122 Å². The van der Waals surface area contributed by atoms with Gasteiger partial charge < -0.3 is 28.6 Å². The van der Waals surface area contributed by atoms with E-state index in [1.165, 1.54) is 51.4 Å². The summed E-state index contributed by atoms with van der Waals surface area (Å²) in [4.78, 5) is 36.6. The van der Waals surface area contributed by atoms with E-state index >= 15 is 0 Å². The number of hydrogen-bond donors (Lipinski definition) is 0. The van der Waals surface area contributed by atoms with Crippen molar-refractivity contribution in [2.24, 2.45) is 0 Å². The van der Waals surface area contributed by atoms with Gasteiger partial charge in [-0.15, -0.1) is 0 Å². The van der Waals surface area contributed by atoms with E-state index in [1.807, 2.05) is 0 Å². The van der Waals surface area contributed by atoms with Gasteiger partial charge in [0.15, 0.2) is 6.10 Å². The second-order valence-electron chi connectivity index (χ2n) is 13.8. The van der Waals surface area contributed by atoms with Crippen LogP contribution in [0, 0.1) is 0 Å². The molecule has 2 unspecified atom stereocenters. The van der Waals surface area contributed by atoms with Gasteiger partial charge in [0, 0.05) is 19.3 Å². The summed E-state index contributed by atoms with van der Waals surface area (Å²) >= 11 is 0. The van der Waals surface area contributed by atoms with Crippen LogP contribution in [0.4, 0.5) is 0 Å². The van der Waals surface area contributed by atoms with Gasteiger partial charge in [-0.25, -0.2) is 0 Å². The lowest BCUT2D eigenvalue weighted by Gasteiger charge is -2.34. The summed E-state index contributed by atoms with van der Waals surface area (Å²) in [5, 5.41) is 11.6. The first-order valence-electron chi connectivity index (χ1n) is 18.9. The standard InChI is InChI=1S/C39H71NO7/c1-6-8-10-12-14-16-18-20-22-24-26-28-30-38(42)47-35(33-45-32-31-36(39(43)44)40(3,4)5)34-46-37(41)29-27-25-23-21-19-17-15-13-11-9-7-2/h8,10,14,16,35-36H,6-7,9,11-13,15,17-34H2,1-5H3/b10-8+,16-14+. The van der Waals surface area contributed by atoms with Gasteiger partial charge in [0.05, 0.1) is 40.3 Å². The quantitative estimate of drug-likeness (QED) is 0.0303. The molecule has 0 fully saturated rings. The Hall–Kier alpha value is -2.19. The van der Waals surface area contributed by atoms with Gasteiger partial charge >= 0.3 is 11.9 Å². The van der Waals surface area contributed by atoms with Gasteiger partial charge in [-0.2, -0.15) is 0 Å². The molecule has 0 aliphatic carbocycles. The molecular weight excluding hydrogens is 594 g/mol. The number of quaternary nitrogens is 1. The predicted molar refractivity (Wildman–Crippen MR) is 190 cm³/mol. The molecule has 0 spiro atoms. The molecule has 8 nitrogen and oxygen atoms in total. The summed E-state index contributed by atoms with van der Waals surface area (Å²) in [7, 11) is 5.39. The first kappa shape index (κ1) is 44.8. The van der Waals surface area contributed by atoms with Crippen LogP contribution in [0.3, 0.4) is 0 Å². The molecule has 0 heterocycles. The maximum Gasteiger partial charge on any atom is 0.306 e. The molecule has 0 saturated carbocycles. The zero-order valence-corrected chi connectivity index (χ0v) is 30.9. The molecule has 0 aromatic heterocycles. The minimum absolute atomic E-state index is 0.0378. The van der Waals surface area contributed by atoms with Crippen LogP contribution in [0.5, 0.6) is 0 Å². The number of esters is 2. The fraction of sp³-hybridized carbons (Fsp3) is 0.821. The predicted octanol–water partition coefficient (Wildman–Crippen LogP) is 8.02. The van der Waals surface area contributed by atoms with Gasteiger partial charge in [-0.3, -0.25) is 9.59 Å². The molecule has 0 aromatic carbocycles. The van der Waals surface area contributed by atoms with Gasteiger partial charge in [-0.05, 0) is 38.5 Å². The molecule has 274 valence electrons. The van der Waals surface area contributed by atoms with Gasteiger partial charge in [0.1, 0.15) is 12.6 Å². The maximum atomic E-state index is 12.6. The van der Waals surface area contributed by atoms with Crippen molar-refractivity contribution in [1.82, 2.24) is 0 Å². The van der Waals surface area contributed by atoms with Crippen LogP contribution in [0.25, 0.3) is 0 Å². The molecule has 0 radical (unpaired) electrons. The lowest BCUT2D eigenvalue weighted by atomic mass is 10.1. The zero-order chi connectivity index (χ0) is 35.0. The van der Waals surface area contributed by atoms with E-state index in [-0.39, 0.29) is 42.7 Å². The summed E-state index contributed by atoms with van der Waals surface area (Å²) < 4.78 is 17.0. The Kier molecular flexibility index (Phi) is 29.7. The third-order valence-corrected chi connectivity index (χ3v) is 8.35. The van der Waals surface area contributed by atoms with Crippen molar-refractivity contribution < 1.29 is 38.2 Å². The van der Waals surface area contributed by atoms with Crippen molar-refractivity contribution in [2.75, 3.05) is 41.0 Å². The van der Waals surface area contributed by atoms with Crippen molar-refractivity contribution in [3.63, 3.8) is 0 Å². The van der Waals surface area contributed by atoms with Crippen molar-refractivity contribution in [2.45, 2.75) is 167 Å². The molecule has 2 atom stereocenters. The second kappa shape index (κ2) is 31.1. The van der Waals surface area contributed by atoms with Gasteiger partial charge in [0.25, 0.3) is 0 Å². The fourth-order valence-electron chi connectivity index (χ4n) is 5.40. The molecule has 0 saturated heterocycles. The molecule has 0 aliphatic heterocycles. The van der Waals surface area contributed by atoms with Crippen LogP contribution in [0.1, 0.15) is 155 Å². The maximum absolute atomic E-state index is 12.6. The van der Waals surface area contributed by atoms with Crippen LogP contribution in [0.2, 0.25) is 0 Å². The number of carbonyl (C=O) groups is 3. The van der Waals surface area contributed by atoms with Crippen molar-refractivity contribution >= 4 is 17.9 Å². The molecule has 0 rings (SSSR count). The topological polar surface area (TPSA) is 102 Å². The molecule has 0 aromatic rings. The summed E-state index contributed by atoms with van der Waals surface area (Å²) in [6.07, 6.45) is 30.6. The number of aliphatic carboxylic acids is 1. The molecule has 8 heteroatoms. The number of hydrogen-bond acceptors (Lipinski definition) is 7. The monoisotopic (exact) mass is 666 g/mol. The number of likely N-dealkylation sites (N-methyl/N-ethyl adjacent to an activating group) is 1. The number of nitrogens with zero attached hydrogens (tertiary/aromatic N) is 1. The van der Waals surface area contributed by atoms with E-state index in [2.05, 4.69) is 38.2 Å². The number of ether oxygens (including phenoxy) is 3. The highest BCUT2D eigenvalue weighted by Gasteiger charge is 2.25. The van der Waals surface area contributed by atoms with E-state index in [0.717, 1.165) is 70.6 Å². The largest absolute Gasteiger partial charge is 0.544 e. The zero-order valence-electron chi connectivity index (χ0n) is 30.9. The van der Waals surface area contributed by atoms with Crippen LogP contribution in [-0.2, 0) is 28.6 Å². The molecule has 0 amide bonds. The number of carboxylic acids is 1. The Morgan fingerprint density at radius 3 is 1.74 bits per heavy atom. The summed E-state index contributed by atoms with van der Waals surface area (Å²) in [5.41, 5.74) is 0. The SMILES string of the molecule is CC/C=C/C/C=C/CCCCCCCC(=O)OC(COCCC(C(=O)[O-])[N+](C)(C)C)COC(=O)CCCCCCCCCCCCC. The number of carboxylic acid groups (broad SMARTS) is 1. The average molecular weight is 666 g/mol. The Morgan fingerprint density at radius 1 is 0.660 bits per heavy atom. The smallest absolute Gasteiger partial charge is 0.306 e. The highest BCUT2D eigenvalue weighted by Crippen LogP contribution is 2.14. The Labute approximate surface area is 288 Å². The summed E-state index contributed by atoms with van der Waals surface area (Å²) in [5.74, 6) is -1.75. The van der Waals surface area contributed by atoms with Crippen LogP contribution in [0.15, 0.2) is 24.3 Å². The molecule has 0 bridgehead atoms. The second-order valence-corrected chi connectivity index (χ2v) is 13.8. The van der Waals surface area contributed by atoms with E-state index < -0.39 is 18.1 Å². The highest BCUT2D eigenvalue weighted by atomic mass is 16.6. The lowest BCUT2D eigenvalue weighted by Crippen LogP contribution is -2.55. The number of unbranched alkanes of at least 4 members (excludes halogenated alkanes) is 15. The number of allylic oxidation sites excluding steroid dienone is 4. The van der Waals surface area contributed by atoms with Crippen LogP contribution >= 0.6 is 0 Å². The average Bonchev–Trinajstić information content (AvgIpc) is 3.01. The van der Waals surface area contributed by atoms with E-state index in [1.54, 1.807) is 21.1 Å². The Morgan fingerprint density at radius 2 is 1.19 bits per heavy atom. The Bertz CT molecular complexity index is 834. The highest BCUT2D eigenvalue weighted by molar-refractivity contribution is 5.70. The van der Waals surface area contributed by atoms with E-state index in [9.17, 15) is 19.5 Å². The third kappa shape index (κ3) is 29.7. The van der Waals surface area contributed by atoms with Gasteiger partial charge in [0.2, 0.25) is 0 Å². The van der Waals surface area contributed by atoms with E-state index in [4.69, 9.17) is 14.2 Å². The van der Waals surface area contributed by atoms with Crippen molar-refractivity contribution in [1.29, 1.82) is 0 Å². The first-order valence-corrected chi connectivity index (χ1v) is 18.9. The lowest BCUT2D eigenvalue weighted by molar-refractivity contribution is -0.889. The fourth-order valence-corrected chi connectivity index (χ4v) is 5.40. The molecule has 0 aliphatic rings. The minimum atomic E-state index is -1.13. The van der Waals surface area contributed by atoms with Crippen molar-refractivity contribution in [3.05, 3.63) is 24.3 Å². The summed E-state index contributed by atoms with van der Waals surface area (Å²) in [6, 6.07) is -0.724. The van der Waals surface area contributed by atoms with Crippen LogP contribution < -0.4 is 5.11 Å². The van der Waals surface area contributed by atoms with Crippen molar-refractivity contribution in [3.8, 4) is 0 Å². The Balaban J connectivity index is 4.45. The van der Waals surface area contributed by atoms with E-state index in [0.29, 0.717) is 12.8 Å². The molecule has 47 heavy (non-hydrogen) atoms. The molecule has 0 N–H and O–H groups in total. The van der Waals surface area contributed by atoms with Crippen LogP contribution in [-0.4, -0.2) is 75.5 Å². The normalized spacial score (nSPS) is 13.3. The summed E-state index contributed by atoms with van der Waals surface area (Å²) in [6.45, 7) is 4.51. The minimum Gasteiger partial charge on any atom is -0.544 e. The first-order chi connectivity index (χ1) is 22.6. The number of rotatable bonds is 33.